The molecule has 29 heavy (non-hydrogen) atoms. The molecular weight excluding hydrogens is 380 g/mol. The van der Waals surface area contributed by atoms with Crippen molar-refractivity contribution in [2.45, 2.75) is 59.0 Å². The summed E-state index contributed by atoms with van der Waals surface area (Å²) in [7, 11) is 0. The van der Waals surface area contributed by atoms with Crippen molar-refractivity contribution in [1.29, 1.82) is 0 Å². The number of rotatable bonds is 14. The van der Waals surface area contributed by atoms with Gasteiger partial charge in [-0.3, -0.25) is 24.1 Å². The summed E-state index contributed by atoms with van der Waals surface area (Å²) in [6.07, 6.45) is 3.69. The largest absolute Gasteiger partial charge is 0.481 e. The van der Waals surface area contributed by atoms with Crippen molar-refractivity contribution in [3.63, 3.8) is 0 Å². The quantitative estimate of drug-likeness (QED) is 0.326. The molecule has 0 aromatic heterocycles. The minimum atomic E-state index is -0.886. The first-order chi connectivity index (χ1) is 13.7. The Morgan fingerprint density at radius 1 is 1.07 bits per heavy atom. The van der Waals surface area contributed by atoms with Crippen molar-refractivity contribution in [2.75, 3.05) is 32.9 Å². The van der Waals surface area contributed by atoms with Crippen LogP contribution in [0.1, 0.15) is 53.4 Å². The molecule has 9 nitrogen and oxygen atoms in total. The Labute approximate surface area is 172 Å². The van der Waals surface area contributed by atoms with Crippen molar-refractivity contribution in [3.8, 4) is 0 Å². The number of carboxylic acid groups (broad SMARTS) is 1. The van der Waals surface area contributed by atoms with E-state index in [0.29, 0.717) is 32.6 Å². The highest BCUT2D eigenvalue weighted by atomic mass is 16.5. The van der Waals surface area contributed by atoms with Crippen LogP contribution in [0.25, 0.3) is 0 Å². The molecule has 2 N–H and O–H groups in total. The van der Waals surface area contributed by atoms with Crippen LogP contribution in [0.15, 0.2) is 12.2 Å². The highest BCUT2D eigenvalue weighted by Crippen LogP contribution is 2.14. The van der Waals surface area contributed by atoms with Gasteiger partial charge in [-0.05, 0) is 26.7 Å². The number of hydrogen-bond acceptors (Lipinski definition) is 6. The maximum absolute atomic E-state index is 11.7. The third kappa shape index (κ3) is 12.7. The maximum Gasteiger partial charge on any atom is 0.305 e. The van der Waals surface area contributed by atoms with Crippen LogP contribution in [0.4, 0.5) is 0 Å². The summed E-state index contributed by atoms with van der Waals surface area (Å²) >= 11 is 0. The average Bonchev–Trinajstić information content (AvgIpc) is 2.98. The number of nitrogens with zero attached hydrogens (tertiary/aromatic N) is 1. The molecule has 0 aromatic carbocycles. The van der Waals surface area contributed by atoms with Gasteiger partial charge in [-0.2, -0.15) is 0 Å². The second-order valence-electron chi connectivity index (χ2n) is 6.73. The van der Waals surface area contributed by atoms with E-state index in [2.05, 4.69) is 5.32 Å². The molecule has 1 aliphatic heterocycles. The van der Waals surface area contributed by atoms with Crippen molar-refractivity contribution < 1.29 is 33.8 Å². The molecule has 3 amide bonds. The van der Waals surface area contributed by atoms with E-state index in [0.717, 1.165) is 4.90 Å². The Hall–Kier alpha value is -2.26. The normalized spacial score (nSPS) is 13.3. The predicted octanol–water partition coefficient (Wildman–Crippen LogP) is 1.51. The molecule has 0 atom stereocenters. The molecule has 0 saturated heterocycles. The summed E-state index contributed by atoms with van der Waals surface area (Å²) in [4.78, 5) is 45.9. The standard InChI is InChI=1S/C18H28N2O7.C2H6/c1-18(2,8-13-26-12-7-17(24)25)27-11-3-9-19-14(21)6-10-20-15(22)4-5-16(20)23;1-2/h4-5H,3,6-13H2,1-2H3,(H,19,21)(H,24,25);1-2H3. The predicted molar refractivity (Wildman–Crippen MR) is 107 cm³/mol. The number of carbonyl (C=O) groups excluding carboxylic acids is 3. The molecule has 1 heterocycles. The number of aliphatic carboxylic acids is 1. The number of ether oxygens (including phenoxy) is 2. The third-order valence-corrected chi connectivity index (χ3v) is 3.91. The lowest BCUT2D eigenvalue weighted by atomic mass is 10.1. The first-order valence-electron chi connectivity index (χ1n) is 9.95. The molecule has 0 bridgehead atoms. The van der Waals surface area contributed by atoms with Crippen molar-refractivity contribution in [2.24, 2.45) is 0 Å². The van der Waals surface area contributed by atoms with Crippen LogP contribution in [-0.4, -0.2) is 72.2 Å². The van der Waals surface area contributed by atoms with E-state index in [1.165, 1.54) is 12.2 Å². The second-order valence-corrected chi connectivity index (χ2v) is 6.73. The first-order valence-corrected chi connectivity index (χ1v) is 9.95. The highest BCUT2D eigenvalue weighted by Gasteiger charge is 2.23. The minimum Gasteiger partial charge on any atom is -0.481 e. The molecule has 0 radical (unpaired) electrons. The minimum absolute atomic E-state index is 0.0163. The van der Waals surface area contributed by atoms with Gasteiger partial charge in [0.15, 0.2) is 0 Å². The zero-order valence-electron chi connectivity index (χ0n) is 17.9. The summed E-state index contributed by atoms with van der Waals surface area (Å²) in [5.41, 5.74) is -0.406. The van der Waals surface area contributed by atoms with Crippen molar-refractivity contribution in [3.05, 3.63) is 12.2 Å². The fourth-order valence-electron chi connectivity index (χ4n) is 2.25. The first kappa shape index (κ1) is 26.7. The molecule has 0 fully saturated rings. The van der Waals surface area contributed by atoms with Crippen LogP contribution in [0, 0.1) is 0 Å². The maximum atomic E-state index is 11.7. The fraction of sp³-hybridized carbons (Fsp3) is 0.700. The summed E-state index contributed by atoms with van der Waals surface area (Å²) in [6.45, 7) is 9.40. The summed E-state index contributed by atoms with van der Waals surface area (Å²) in [5.74, 6) is -1.90. The lowest BCUT2D eigenvalue weighted by Crippen LogP contribution is -2.35. The van der Waals surface area contributed by atoms with Gasteiger partial charge in [-0.15, -0.1) is 0 Å². The van der Waals surface area contributed by atoms with E-state index in [1.807, 2.05) is 27.7 Å². The number of amides is 3. The van der Waals surface area contributed by atoms with Gasteiger partial charge in [0.05, 0.1) is 18.6 Å². The van der Waals surface area contributed by atoms with Gasteiger partial charge in [0.2, 0.25) is 5.91 Å². The lowest BCUT2D eigenvalue weighted by molar-refractivity contribution is -0.139. The molecule has 0 aliphatic carbocycles. The zero-order valence-corrected chi connectivity index (χ0v) is 17.9. The van der Waals surface area contributed by atoms with Crippen LogP contribution < -0.4 is 5.32 Å². The Balaban J connectivity index is 0.00000379. The van der Waals surface area contributed by atoms with Crippen molar-refractivity contribution in [1.82, 2.24) is 10.2 Å². The van der Waals surface area contributed by atoms with Gasteiger partial charge in [-0.25, -0.2) is 0 Å². The van der Waals surface area contributed by atoms with Gasteiger partial charge >= 0.3 is 5.97 Å². The number of hydrogen-bond donors (Lipinski definition) is 2. The number of carboxylic acids is 1. The van der Waals surface area contributed by atoms with Crippen molar-refractivity contribution >= 4 is 23.7 Å². The molecular formula is C20H34N2O7. The van der Waals surface area contributed by atoms with E-state index in [1.54, 1.807) is 0 Å². The van der Waals surface area contributed by atoms with Crippen LogP contribution >= 0.6 is 0 Å². The lowest BCUT2D eigenvalue weighted by Gasteiger charge is -2.25. The third-order valence-electron chi connectivity index (χ3n) is 3.91. The second kappa shape index (κ2) is 14.7. The Morgan fingerprint density at radius 2 is 1.69 bits per heavy atom. The molecule has 0 aromatic rings. The van der Waals surface area contributed by atoms with Crippen LogP contribution in [0.5, 0.6) is 0 Å². The number of nitrogens with one attached hydrogen (secondary N) is 1. The van der Waals surface area contributed by atoms with E-state index < -0.39 is 23.4 Å². The average molecular weight is 414 g/mol. The number of carbonyl (C=O) groups is 4. The van der Waals surface area contributed by atoms with Gasteiger partial charge < -0.3 is 19.9 Å². The van der Waals surface area contributed by atoms with E-state index in [4.69, 9.17) is 14.6 Å². The number of imide groups is 1. The monoisotopic (exact) mass is 414 g/mol. The van der Waals surface area contributed by atoms with Gasteiger partial charge in [0.25, 0.3) is 11.8 Å². The van der Waals surface area contributed by atoms with Gasteiger partial charge in [-0.1, -0.05) is 13.8 Å². The molecule has 0 spiro atoms. The van der Waals surface area contributed by atoms with E-state index in [9.17, 15) is 19.2 Å². The van der Waals surface area contributed by atoms with Gasteiger partial charge in [0, 0.05) is 44.9 Å². The highest BCUT2D eigenvalue weighted by molar-refractivity contribution is 6.13. The fourth-order valence-corrected chi connectivity index (χ4v) is 2.25. The molecule has 1 aliphatic rings. The van der Waals surface area contributed by atoms with Crippen LogP contribution in [0.2, 0.25) is 0 Å². The Kier molecular flexibility index (Phi) is 13.6. The molecule has 0 saturated carbocycles. The van der Waals surface area contributed by atoms with Gasteiger partial charge in [0.1, 0.15) is 0 Å². The molecule has 9 heteroatoms. The molecule has 166 valence electrons. The SMILES string of the molecule is CC.CC(C)(CCOCCC(=O)O)OCCCNC(=O)CCN1C(=O)C=CC1=O. The molecule has 0 unspecified atom stereocenters. The van der Waals surface area contributed by atoms with E-state index in [-0.39, 0.29) is 31.9 Å². The van der Waals surface area contributed by atoms with E-state index >= 15 is 0 Å². The smallest absolute Gasteiger partial charge is 0.305 e. The summed E-state index contributed by atoms with van der Waals surface area (Å²) in [6, 6.07) is 0. The topological polar surface area (TPSA) is 122 Å². The Morgan fingerprint density at radius 3 is 2.28 bits per heavy atom. The Bertz CT molecular complexity index is 555. The molecule has 1 rings (SSSR count). The van der Waals surface area contributed by atoms with Crippen LogP contribution in [-0.2, 0) is 28.7 Å². The summed E-state index contributed by atoms with van der Waals surface area (Å²) < 4.78 is 11.0. The summed E-state index contributed by atoms with van der Waals surface area (Å²) in [5, 5.41) is 11.2. The van der Waals surface area contributed by atoms with Crippen LogP contribution in [0.3, 0.4) is 0 Å². The zero-order chi connectivity index (χ0) is 22.3.